The van der Waals surface area contributed by atoms with Crippen molar-refractivity contribution in [2.45, 2.75) is 57.9 Å². The number of aliphatic imine (C=N–C) groups is 1. The van der Waals surface area contributed by atoms with Crippen molar-refractivity contribution in [2.24, 2.45) is 10.9 Å². The molecule has 8 nitrogen and oxygen atoms in total. The summed E-state index contributed by atoms with van der Waals surface area (Å²) in [6.07, 6.45) is -0.234. The van der Waals surface area contributed by atoms with Gasteiger partial charge in [0.2, 0.25) is 11.6 Å². The lowest BCUT2D eigenvalue weighted by molar-refractivity contribution is -0.134. The lowest BCUT2D eigenvalue weighted by atomic mass is 9.91. The molecular formula is C22H28N4O4. The third kappa shape index (κ3) is 3.73. The van der Waals surface area contributed by atoms with Crippen LogP contribution in [0.4, 0.5) is 0 Å². The molecule has 0 spiro atoms. The number of hydrogen-bond acceptors (Lipinski definition) is 7. The van der Waals surface area contributed by atoms with E-state index in [0.29, 0.717) is 18.0 Å². The van der Waals surface area contributed by atoms with E-state index in [2.05, 4.69) is 10.6 Å². The zero-order valence-electron chi connectivity index (χ0n) is 17.7. The van der Waals surface area contributed by atoms with Gasteiger partial charge in [-0.1, -0.05) is 49.3 Å². The molecule has 2 N–H and O–H groups in total. The van der Waals surface area contributed by atoms with Crippen LogP contribution in [-0.2, 0) is 15.4 Å². The van der Waals surface area contributed by atoms with Crippen LogP contribution in [0.2, 0.25) is 0 Å². The maximum absolute atomic E-state index is 13.5. The SMILES string of the molecule is Cc1cc([C@@H](C(=O)N2C[C@H](O)C[C@H]2C2=N[C@](C)(c3ccccc3)ON2)C(C)C)on1. The number of nitrogens with zero attached hydrogens (tertiary/aromatic N) is 3. The number of amides is 1. The van der Waals surface area contributed by atoms with E-state index in [1.54, 1.807) is 11.0 Å². The fourth-order valence-electron chi connectivity index (χ4n) is 4.20. The Hall–Kier alpha value is -2.71. The third-order valence-electron chi connectivity index (χ3n) is 5.76. The van der Waals surface area contributed by atoms with Gasteiger partial charge >= 0.3 is 0 Å². The van der Waals surface area contributed by atoms with Gasteiger partial charge in [0.1, 0.15) is 17.5 Å². The highest BCUT2D eigenvalue weighted by molar-refractivity contribution is 5.94. The molecule has 4 rings (SSSR count). The molecule has 4 atom stereocenters. The Morgan fingerprint density at radius 3 is 2.70 bits per heavy atom. The van der Waals surface area contributed by atoms with E-state index >= 15 is 0 Å². The number of benzene rings is 1. The molecular weight excluding hydrogens is 384 g/mol. The molecule has 0 unspecified atom stereocenters. The number of carbonyl (C=O) groups is 1. The molecule has 1 amide bonds. The van der Waals surface area contributed by atoms with E-state index in [4.69, 9.17) is 14.4 Å². The monoisotopic (exact) mass is 412 g/mol. The quantitative estimate of drug-likeness (QED) is 0.783. The van der Waals surface area contributed by atoms with Crippen LogP contribution in [0, 0.1) is 12.8 Å². The fourth-order valence-corrected chi connectivity index (χ4v) is 4.20. The number of aryl methyl sites for hydroxylation is 1. The van der Waals surface area contributed by atoms with Crippen LogP contribution in [0.25, 0.3) is 0 Å². The molecule has 1 aromatic carbocycles. The number of rotatable bonds is 5. The second-order valence-corrected chi connectivity index (χ2v) is 8.54. The van der Waals surface area contributed by atoms with E-state index in [-0.39, 0.29) is 18.4 Å². The summed E-state index contributed by atoms with van der Waals surface area (Å²) in [5.41, 5.74) is 3.66. The van der Waals surface area contributed by atoms with Gasteiger partial charge in [0.15, 0.2) is 0 Å². The van der Waals surface area contributed by atoms with Gasteiger partial charge in [0.25, 0.3) is 0 Å². The Morgan fingerprint density at radius 1 is 1.33 bits per heavy atom. The minimum absolute atomic E-state index is 0.00699. The Balaban J connectivity index is 1.62. The highest BCUT2D eigenvalue weighted by Gasteiger charge is 2.45. The second kappa shape index (κ2) is 7.85. The van der Waals surface area contributed by atoms with Gasteiger partial charge in [0.05, 0.1) is 17.8 Å². The van der Waals surface area contributed by atoms with Gasteiger partial charge in [-0.2, -0.15) is 0 Å². The molecule has 0 bridgehead atoms. The number of aliphatic hydroxyl groups excluding tert-OH is 1. The van der Waals surface area contributed by atoms with Gasteiger partial charge < -0.3 is 14.5 Å². The normalized spacial score (nSPS) is 27.3. The number of amidine groups is 1. The number of β-amino-alcohol motifs (C(OH)–C–C–N with tert-alkyl or cyclic N) is 1. The summed E-state index contributed by atoms with van der Waals surface area (Å²) in [6, 6.07) is 11.1. The second-order valence-electron chi connectivity index (χ2n) is 8.54. The smallest absolute Gasteiger partial charge is 0.234 e. The molecule has 30 heavy (non-hydrogen) atoms. The van der Waals surface area contributed by atoms with Crippen molar-refractivity contribution < 1.29 is 19.3 Å². The molecule has 2 aliphatic rings. The summed E-state index contributed by atoms with van der Waals surface area (Å²) in [5.74, 6) is 0.498. The van der Waals surface area contributed by atoms with Gasteiger partial charge in [-0.25, -0.2) is 15.3 Å². The summed E-state index contributed by atoms with van der Waals surface area (Å²) in [7, 11) is 0. The van der Waals surface area contributed by atoms with Crippen molar-refractivity contribution in [3.63, 3.8) is 0 Å². The first-order valence-corrected chi connectivity index (χ1v) is 10.3. The molecule has 8 heteroatoms. The van der Waals surface area contributed by atoms with Crippen molar-refractivity contribution in [1.29, 1.82) is 0 Å². The number of hydrogen-bond donors (Lipinski definition) is 2. The number of hydroxylamine groups is 1. The van der Waals surface area contributed by atoms with Crippen molar-refractivity contribution in [3.05, 3.63) is 53.4 Å². The zero-order valence-corrected chi connectivity index (χ0v) is 17.7. The molecule has 2 aliphatic heterocycles. The molecule has 0 radical (unpaired) electrons. The fraction of sp³-hybridized carbons (Fsp3) is 0.500. The van der Waals surface area contributed by atoms with E-state index in [0.717, 1.165) is 11.3 Å². The summed E-state index contributed by atoms with van der Waals surface area (Å²) >= 11 is 0. The number of likely N-dealkylation sites (tertiary alicyclic amines) is 1. The standard InChI is InChI=1S/C22H28N4O4/c1-13(2)19(18-10-14(3)24-29-18)21(28)26-12-16(27)11-17(26)20-23-22(4,30-25-20)15-8-6-5-7-9-15/h5-10,13,16-17,19,27H,11-12H2,1-4H3,(H,23,25)/t16-,17+,19+,22+/m1/s1. The van der Waals surface area contributed by atoms with Crippen LogP contribution in [0.5, 0.6) is 0 Å². The van der Waals surface area contributed by atoms with Crippen molar-refractivity contribution in [1.82, 2.24) is 15.5 Å². The zero-order chi connectivity index (χ0) is 21.5. The Bertz CT molecular complexity index is 942. The first-order chi connectivity index (χ1) is 14.3. The molecule has 1 aromatic heterocycles. The number of aromatic nitrogens is 1. The Labute approximate surface area is 175 Å². The van der Waals surface area contributed by atoms with Gasteiger partial charge in [-0.3, -0.25) is 4.79 Å². The van der Waals surface area contributed by atoms with Gasteiger partial charge in [0, 0.05) is 24.6 Å². The van der Waals surface area contributed by atoms with Crippen LogP contribution in [-0.4, -0.2) is 45.6 Å². The van der Waals surface area contributed by atoms with E-state index in [9.17, 15) is 9.90 Å². The van der Waals surface area contributed by atoms with E-state index in [1.165, 1.54) is 0 Å². The van der Waals surface area contributed by atoms with Crippen molar-refractivity contribution in [3.8, 4) is 0 Å². The van der Waals surface area contributed by atoms with Gasteiger partial charge in [-0.15, -0.1) is 0 Å². The predicted octanol–water partition coefficient (Wildman–Crippen LogP) is 2.49. The minimum atomic E-state index is -0.891. The maximum Gasteiger partial charge on any atom is 0.234 e. The number of aliphatic hydroxyl groups is 1. The largest absolute Gasteiger partial charge is 0.391 e. The highest BCUT2D eigenvalue weighted by atomic mass is 16.7. The summed E-state index contributed by atoms with van der Waals surface area (Å²) in [6.45, 7) is 7.89. The number of carbonyl (C=O) groups excluding carboxylic acids is 1. The lowest BCUT2D eigenvalue weighted by Crippen LogP contribution is -2.46. The predicted molar refractivity (Wildman–Crippen MR) is 110 cm³/mol. The Kier molecular flexibility index (Phi) is 5.38. The third-order valence-corrected chi connectivity index (χ3v) is 5.76. The van der Waals surface area contributed by atoms with Crippen molar-refractivity contribution in [2.75, 3.05) is 6.54 Å². The first-order valence-electron chi connectivity index (χ1n) is 10.3. The summed E-state index contributed by atoms with van der Waals surface area (Å²) < 4.78 is 5.42. The van der Waals surface area contributed by atoms with Gasteiger partial charge in [-0.05, 0) is 19.8 Å². The average molecular weight is 412 g/mol. The average Bonchev–Trinajstić information content (AvgIpc) is 3.41. The van der Waals surface area contributed by atoms with Crippen LogP contribution in [0.1, 0.15) is 50.1 Å². The van der Waals surface area contributed by atoms with E-state index in [1.807, 2.05) is 58.0 Å². The van der Waals surface area contributed by atoms with Crippen LogP contribution < -0.4 is 5.48 Å². The maximum atomic E-state index is 13.5. The molecule has 0 saturated carbocycles. The minimum Gasteiger partial charge on any atom is -0.391 e. The van der Waals surface area contributed by atoms with Crippen LogP contribution in [0.15, 0.2) is 45.9 Å². The Morgan fingerprint density at radius 2 is 2.07 bits per heavy atom. The van der Waals surface area contributed by atoms with E-state index < -0.39 is 23.8 Å². The lowest BCUT2D eigenvalue weighted by Gasteiger charge is -2.29. The van der Waals surface area contributed by atoms with Crippen LogP contribution >= 0.6 is 0 Å². The molecule has 1 fully saturated rings. The summed E-state index contributed by atoms with van der Waals surface area (Å²) in [4.78, 5) is 25.8. The molecule has 3 heterocycles. The molecule has 2 aromatic rings. The molecule has 1 saturated heterocycles. The number of nitrogens with one attached hydrogen (secondary N) is 1. The topological polar surface area (TPSA) is 100 Å². The van der Waals surface area contributed by atoms with Crippen molar-refractivity contribution >= 4 is 11.7 Å². The molecule has 160 valence electrons. The molecule has 0 aliphatic carbocycles. The highest BCUT2D eigenvalue weighted by Crippen LogP contribution is 2.34. The summed E-state index contributed by atoms with van der Waals surface area (Å²) in [5, 5.41) is 14.3. The first kappa shape index (κ1) is 20.6. The van der Waals surface area contributed by atoms with Crippen LogP contribution in [0.3, 0.4) is 0 Å².